The van der Waals surface area contributed by atoms with Crippen molar-refractivity contribution in [3.63, 3.8) is 0 Å². The first-order valence-electron chi connectivity index (χ1n) is 7.29. The van der Waals surface area contributed by atoms with E-state index in [9.17, 15) is 4.79 Å². The quantitative estimate of drug-likeness (QED) is 0.863. The van der Waals surface area contributed by atoms with E-state index in [1.54, 1.807) is 0 Å². The molecule has 1 fully saturated rings. The fraction of sp³-hybridized carbons (Fsp3) is 0.562. The lowest BCUT2D eigenvalue weighted by Crippen LogP contribution is -2.49. The maximum absolute atomic E-state index is 12.3. The minimum atomic E-state index is 0.101. The first-order valence-corrected chi connectivity index (χ1v) is 7.29. The summed E-state index contributed by atoms with van der Waals surface area (Å²) in [6.45, 7) is 7.24. The first kappa shape index (κ1) is 14.9. The molecule has 1 aromatic rings. The van der Waals surface area contributed by atoms with E-state index in [1.807, 2.05) is 50.1 Å². The zero-order chi connectivity index (χ0) is 14.5. The highest BCUT2D eigenvalue weighted by molar-refractivity contribution is 5.78. The van der Waals surface area contributed by atoms with Crippen LogP contribution in [0.25, 0.3) is 0 Å². The topological polar surface area (TPSA) is 41.6 Å². The van der Waals surface area contributed by atoms with Crippen molar-refractivity contribution < 1.29 is 9.53 Å². The molecule has 2 rings (SSSR count). The van der Waals surface area contributed by atoms with Gasteiger partial charge in [-0.3, -0.25) is 4.79 Å². The Bertz CT molecular complexity index is 440. The van der Waals surface area contributed by atoms with Crippen LogP contribution in [-0.4, -0.2) is 37.6 Å². The number of hydrogen-bond acceptors (Lipinski definition) is 3. The standard InChI is InChI=1S/C16H24N2O2/c1-4-20-15-7-5-13(6-8-15)11-18(3)16(19)12(2)14-9-17-10-14/h5-8,12,14,17H,4,9-11H2,1-3H3. The smallest absolute Gasteiger partial charge is 0.225 e. The molecule has 20 heavy (non-hydrogen) atoms. The lowest BCUT2D eigenvalue weighted by atomic mass is 9.88. The van der Waals surface area contributed by atoms with Crippen LogP contribution in [0.2, 0.25) is 0 Å². The molecule has 0 aliphatic carbocycles. The second-order valence-corrected chi connectivity index (χ2v) is 5.48. The van der Waals surface area contributed by atoms with Crippen LogP contribution in [0.1, 0.15) is 19.4 Å². The molecule has 1 aliphatic heterocycles. The molecule has 4 heteroatoms. The summed E-state index contributed by atoms with van der Waals surface area (Å²) in [5, 5.41) is 3.22. The molecule has 0 radical (unpaired) electrons. The van der Waals surface area contributed by atoms with E-state index in [0.29, 0.717) is 19.1 Å². The van der Waals surface area contributed by atoms with E-state index in [0.717, 1.165) is 24.4 Å². The van der Waals surface area contributed by atoms with Crippen molar-refractivity contribution >= 4 is 5.91 Å². The van der Waals surface area contributed by atoms with Gasteiger partial charge in [-0.25, -0.2) is 0 Å². The van der Waals surface area contributed by atoms with Crippen LogP contribution in [-0.2, 0) is 11.3 Å². The second-order valence-electron chi connectivity index (χ2n) is 5.48. The molecule has 1 saturated heterocycles. The van der Waals surface area contributed by atoms with Gasteiger partial charge in [0.1, 0.15) is 5.75 Å². The Morgan fingerprint density at radius 3 is 2.55 bits per heavy atom. The van der Waals surface area contributed by atoms with Crippen LogP contribution in [0, 0.1) is 11.8 Å². The first-order chi connectivity index (χ1) is 9.61. The van der Waals surface area contributed by atoms with Crippen LogP contribution in [0.15, 0.2) is 24.3 Å². The highest BCUT2D eigenvalue weighted by Gasteiger charge is 2.30. The van der Waals surface area contributed by atoms with Gasteiger partial charge in [0.15, 0.2) is 0 Å². The molecule has 0 spiro atoms. The maximum atomic E-state index is 12.3. The van der Waals surface area contributed by atoms with Gasteiger partial charge in [0.2, 0.25) is 5.91 Å². The Balaban J connectivity index is 1.89. The molecule has 1 heterocycles. The number of rotatable bonds is 6. The van der Waals surface area contributed by atoms with Gasteiger partial charge in [0, 0.05) is 19.5 Å². The molecule has 1 aromatic carbocycles. The van der Waals surface area contributed by atoms with Gasteiger partial charge in [0.25, 0.3) is 0 Å². The number of amides is 1. The Morgan fingerprint density at radius 1 is 1.40 bits per heavy atom. The predicted octanol–water partition coefficient (Wildman–Crippen LogP) is 1.90. The number of benzene rings is 1. The van der Waals surface area contributed by atoms with Crippen LogP contribution in [0.5, 0.6) is 5.75 Å². The van der Waals surface area contributed by atoms with Gasteiger partial charge >= 0.3 is 0 Å². The summed E-state index contributed by atoms with van der Waals surface area (Å²) < 4.78 is 5.42. The summed E-state index contributed by atoms with van der Waals surface area (Å²) in [4.78, 5) is 14.1. The summed E-state index contributed by atoms with van der Waals surface area (Å²) in [6, 6.07) is 7.95. The lowest BCUT2D eigenvalue weighted by Gasteiger charge is -2.34. The molecule has 1 atom stereocenters. The number of nitrogens with one attached hydrogen (secondary N) is 1. The normalized spacial score (nSPS) is 16.4. The summed E-state index contributed by atoms with van der Waals surface area (Å²) in [6.07, 6.45) is 0. The van der Waals surface area contributed by atoms with E-state index in [2.05, 4.69) is 5.32 Å². The van der Waals surface area contributed by atoms with Gasteiger partial charge in [0.05, 0.1) is 6.61 Å². The van der Waals surface area contributed by atoms with Crippen molar-refractivity contribution in [3.05, 3.63) is 29.8 Å². The Labute approximate surface area is 121 Å². The largest absolute Gasteiger partial charge is 0.494 e. The molecular weight excluding hydrogens is 252 g/mol. The molecule has 1 aliphatic rings. The fourth-order valence-electron chi connectivity index (χ4n) is 2.42. The average molecular weight is 276 g/mol. The zero-order valence-electron chi connectivity index (χ0n) is 12.6. The SMILES string of the molecule is CCOc1ccc(CN(C)C(=O)C(C)C2CNC2)cc1. The second kappa shape index (κ2) is 6.75. The lowest BCUT2D eigenvalue weighted by molar-refractivity contribution is -0.136. The number of nitrogens with zero attached hydrogens (tertiary/aromatic N) is 1. The van der Waals surface area contributed by atoms with Gasteiger partial charge in [-0.2, -0.15) is 0 Å². The highest BCUT2D eigenvalue weighted by Crippen LogP contribution is 2.19. The molecule has 4 nitrogen and oxygen atoms in total. The maximum Gasteiger partial charge on any atom is 0.225 e. The number of hydrogen-bond donors (Lipinski definition) is 1. The summed E-state index contributed by atoms with van der Waals surface area (Å²) in [7, 11) is 1.88. The van der Waals surface area contributed by atoms with Crippen molar-refractivity contribution in [3.8, 4) is 5.75 Å². The van der Waals surface area contributed by atoms with E-state index in [-0.39, 0.29) is 11.8 Å². The molecule has 1 amide bonds. The number of carbonyl (C=O) groups excluding carboxylic acids is 1. The zero-order valence-corrected chi connectivity index (χ0v) is 12.6. The van der Waals surface area contributed by atoms with Gasteiger partial charge in [-0.15, -0.1) is 0 Å². The van der Waals surface area contributed by atoms with Gasteiger partial charge < -0.3 is 15.0 Å². The van der Waals surface area contributed by atoms with Crippen molar-refractivity contribution in [2.75, 3.05) is 26.7 Å². The van der Waals surface area contributed by atoms with E-state index in [4.69, 9.17) is 4.74 Å². The molecule has 0 saturated carbocycles. The monoisotopic (exact) mass is 276 g/mol. The summed E-state index contributed by atoms with van der Waals surface area (Å²) in [5.41, 5.74) is 1.13. The average Bonchev–Trinajstić information content (AvgIpc) is 2.38. The third kappa shape index (κ3) is 3.51. The fourth-order valence-corrected chi connectivity index (χ4v) is 2.42. The van der Waals surface area contributed by atoms with Crippen LogP contribution >= 0.6 is 0 Å². The minimum absolute atomic E-state index is 0.101. The highest BCUT2D eigenvalue weighted by atomic mass is 16.5. The van der Waals surface area contributed by atoms with E-state index < -0.39 is 0 Å². The Hall–Kier alpha value is -1.55. The van der Waals surface area contributed by atoms with E-state index >= 15 is 0 Å². The summed E-state index contributed by atoms with van der Waals surface area (Å²) >= 11 is 0. The number of carbonyl (C=O) groups is 1. The van der Waals surface area contributed by atoms with Crippen LogP contribution in [0.3, 0.4) is 0 Å². The van der Waals surface area contributed by atoms with Gasteiger partial charge in [-0.1, -0.05) is 19.1 Å². The third-order valence-electron chi connectivity index (χ3n) is 3.94. The minimum Gasteiger partial charge on any atom is -0.494 e. The van der Waals surface area contributed by atoms with Crippen LogP contribution in [0.4, 0.5) is 0 Å². The molecule has 110 valence electrons. The molecule has 1 unspecified atom stereocenters. The summed E-state index contributed by atoms with van der Waals surface area (Å²) in [5.74, 6) is 1.69. The Morgan fingerprint density at radius 2 is 2.05 bits per heavy atom. The third-order valence-corrected chi connectivity index (χ3v) is 3.94. The molecule has 1 N–H and O–H groups in total. The van der Waals surface area contributed by atoms with Crippen molar-refractivity contribution in [2.45, 2.75) is 20.4 Å². The van der Waals surface area contributed by atoms with Crippen LogP contribution < -0.4 is 10.1 Å². The van der Waals surface area contributed by atoms with Gasteiger partial charge in [-0.05, 0) is 43.6 Å². The predicted molar refractivity (Wildman–Crippen MR) is 79.6 cm³/mol. The van der Waals surface area contributed by atoms with Crippen molar-refractivity contribution in [1.29, 1.82) is 0 Å². The Kier molecular flexibility index (Phi) is 5.01. The molecule has 0 bridgehead atoms. The van der Waals surface area contributed by atoms with Crippen molar-refractivity contribution in [2.24, 2.45) is 11.8 Å². The van der Waals surface area contributed by atoms with Crippen molar-refractivity contribution in [1.82, 2.24) is 10.2 Å². The molecular formula is C16H24N2O2. The van der Waals surface area contributed by atoms with E-state index in [1.165, 1.54) is 0 Å². The number of ether oxygens (including phenoxy) is 1. The molecule has 0 aromatic heterocycles.